The van der Waals surface area contributed by atoms with E-state index in [9.17, 15) is 0 Å². The van der Waals surface area contributed by atoms with Gasteiger partial charge in [-0.15, -0.1) is 0 Å². The Morgan fingerprint density at radius 1 is 0.207 bits per heavy atom. The smallest absolute Gasteiger partial charge is 0.0540 e. The van der Waals surface area contributed by atoms with Crippen LogP contribution in [0.1, 0.15) is 0 Å². The van der Waals surface area contributed by atoms with Crippen LogP contribution in [0.2, 0.25) is 0 Å². The Hall–Kier alpha value is -11.5. The van der Waals surface area contributed by atoms with Crippen LogP contribution in [0.3, 0.4) is 0 Å². The van der Waals surface area contributed by atoms with Crippen LogP contribution in [0.15, 0.2) is 352 Å². The topological polar surface area (TPSA) is 25.9 Å². The molecule has 5 heteroatoms. The number of fused-ring (bicyclic) bond motifs is 4. The fourth-order valence-corrected chi connectivity index (χ4v) is 12.1. The molecule has 0 atom stereocenters. The van der Waals surface area contributed by atoms with Gasteiger partial charge in [-0.25, -0.2) is 0 Å². The van der Waals surface area contributed by atoms with E-state index in [1.54, 1.807) is 0 Å². The van der Waals surface area contributed by atoms with Crippen LogP contribution in [-0.2, 0) is 0 Å². The van der Waals surface area contributed by atoms with E-state index in [4.69, 9.17) is 4.98 Å². The van der Waals surface area contributed by atoms with Crippen LogP contribution in [0, 0.1) is 0 Å². The van der Waals surface area contributed by atoms with Crippen molar-refractivity contribution < 1.29 is 0 Å². The quantitative estimate of drug-likeness (QED) is 0.115. The first-order valence-corrected chi connectivity index (χ1v) is 29.6. The second kappa shape index (κ2) is 24.4. The summed E-state index contributed by atoms with van der Waals surface area (Å²) in [5.74, 6) is 0. The normalized spacial score (nSPS) is 11.0. The van der Waals surface area contributed by atoms with Gasteiger partial charge in [-0.2, -0.15) is 0 Å². The maximum Gasteiger partial charge on any atom is 0.0540 e. The van der Waals surface area contributed by atoms with Gasteiger partial charge in [-0.3, -0.25) is 4.98 Å². The molecule has 1 heterocycles. The zero-order valence-electron chi connectivity index (χ0n) is 48.2. The highest BCUT2D eigenvalue weighted by atomic mass is 15.2. The van der Waals surface area contributed by atoms with Crippen LogP contribution in [0.25, 0.3) is 65.3 Å². The van der Waals surface area contributed by atoms with E-state index in [0.717, 1.165) is 95.6 Å². The molecule has 0 N–H and O–H groups in total. The molecule has 0 unspecified atom stereocenters. The number of hydrogen-bond donors (Lipinski definition) is 0. The van der Waals surface area contributed by atoms with E-state index >= 15 is 0 Å². The van der Waals surface area contributed by atoms with Crippen molar-refractivity contribution in [2.45, 2.75) is 0 Å². The lowest BCUT2D eigenvalue weighted by Gasteiger charge is -2.31. The van der Waals surface area contributed by atoms with Gasteiger partial charge < -0.3 is 19.6 Å². The highest BCUT2D eigenvalue weighted by Crippen LogP contribution is 2.48. The van der Waals surface area contributed by atoms with E-state index in [2.05, 4.69) is 330 Å². The maximum absolute atomic E-state index is 5.15. The Morgan fingerprint density at radius 2 is 0.471 bits per heavy atom. The summed E-state index contributed by atoms with van der Waals surface area (Å²) >= 11 is 0. The van der Waals surface area contributed by atoms with Gasteiger partial charge in [0.2, 0.25) is 0 Å². The van der Waals surface area contributed by atoms with Gasteiger partial charge in [0, 0.05) is 97.6 Å². The van der Waals surface area contributed by atoms with Crippen molar-refractivity contribution in [2.24, 2.45) is 0 Å². The first-order valence-electron chi connectivity index (χ1n) is 29.6. The lowest BCUT2D eigenvalue weighted by molar-refractivity contribution is 1.21. The van der Waals surface area contributed by atoms with E-state index in [0.29, 0.717) is 0 Å². The lowest BCUT2D eigenvalue weighted by atomic mass is 9.98. The number of pyridine rings is 1. The Labute approximate surface area is 508 Å². The molecule has 0 fully saturated rings. The second-order valence-electron chi connectivity index (χ2n) is 21.7. The molecule has 5 nitrogen and oxygen atoms in total. The summed E-state index contributed by atoms with van der Waals surface area (Å²) in [4.78, 5) is 14.7. The third-order valence-corrected chi connectivity index (χ3v) is 16.2. The summed E-state index contributed by atoms with van der Waals surface area (Å²) in [5.41, 5.74) is 15.6. The lowest BCUT2D eigenvalue weighted by Crippen LogP contribution is -2.14. The van der Waals surface area contributed by atoms with Crippen molar-refractivity contribution in [3.63, 3.8) is 0 Å². The van der Waals surface area contributed by atoms with Gasteiger partial charge >= 0.3 is 0 Å². The number of anilines is 11. The highest BCUT2D eigenvalue weighted by molar-refractivity contribution is 6.04. The standard InChI is InChI=1S/C76H55N5.C6H6/c1-78(73-41-19-27-54-23-11-15-37-69(54)73)65-46-58(47-66(50-65)79(62-31-5-2-6-32-62)74-42-20-28-55-24-12-16-38-70(55)74)60-45-61(53-77-52-60)59-48-67(80(63-33-7-3-8-34-63)75-43-21-29-56-25-13-17-39-71(56)75)51-68(49-59)81(64-35-9-4-10-36-64)76-44-22-30-57-26-14-18-40-72(57)76;1-2-4-6-5-3-1/h2-53H,1H3;1-6H. The van der Waals surface area contributed by atoms with Gasteiger partial charge in [0.15, 0.2) is 0 Å². The molecule has 414 valence electrons. The predicted molar refractivity (Wildman–Crippen MR) is 370 cm³/mol. The molecule has 0 saturated carbocycles. The molecule has 0 aliphatic rings. The molecule has 0 saturated heterocycles. The Morgan fingerprint density at radius 3 is 0.828 bits per heavy atom. The van der Waals surface area contributed by atoms with Crippen molar-refractivity contribution in [2.75, 3.05) is 26.6 Å². The average molecular weight is 1120 g/mol. The third-order valence-electron chi connectivity index (χ3n) is 16.2. The van der Waals surface area contributed by atoms with Gasteiger partial charge in [-0.1, -0.05) is 237 Å². The molecule has 15 aromatic rings. The van der Waals surface area contributed by atoms with Crippen LogP contribution in [0.4, 0.5) is 62.6 Å². The van der Waals surface area contributed by atoms with E-state index in [-0.39, 0.29) is 0 Å². The first kappa shape index (κ1) is 53.5. The largest absolute Gasteiger partial charge is 0.344 e. The van der Waals surface area contributed by atoms with Crippen molar-refractivity contribution in [1.29, 1.82) is 0 Å². The van der Waals surface area contributed by atoms with Gasteiger partial charge in [0.1, 0.15) is 0 Å². The SMILES string of the molecule is CN(c1cc(-c2cncc(-c3cc(N(c4ccccc4)c4cccc5ccccc45)cc(N(c4ccccc4)c4cccc5ccccc45)c3)c2)cc(N(c2ccccc2)c2cccc3ccccc23)c1)c1cccc2ccccc12.c1ccccc1. The minimum atomic E-state index is 0.982. The second-order valence-corrected chi connectivity index (χ2v) is 21.7. The molecule has 0 aliphatic carbocycles. The monoisotopic (exact) mass is 1120 g/mol. The molecule has 0 amide bonds. The third kappa shape index (κ3) is 11.0. The summed E-state index contributed by atoms with van der Waals surface area (Å²) in [7, 11) is 2.18. The van der Waals surface area contributed by atoms with Crippen molar-refractivity contribution in [1.82, 2.24) is 4.98 Å². The molecule has 0 radical (unpaired) electrons. The zero-order chi connectivity index (χ0) is 58.3. The average Bonchev–Trinajstić information content (AvgIpc) is 2.31. The number of benzene rings is 14. The van der Waals surface area contributed by atoms with Crippen LogP contribution >= 0.6 is 0 Å². The van der Waals surface area contributed by atoms with Crippen molar-refractivity contribution in [3.05, 3.63) is 352 Å². The molecular weight excluding hydrogens is 1050 g/mol. The highest BCUT2D eigenvalue weighted by Gasteiger charge is 2.24. The zero-order valence-corrected chi connectivity index (χ0v) is 48.2. The summed E-state index contributed by atoms with van der Waals surface area (Å²) in [6.45, 7) is 0. The molecule has 0 spiro atoms. The maximum atomic E-state index is 5.15. The number of hydrogen-bond acceptors (Lipinski definition) is 5. The predicted octanol–water partition coefficient (Wildman–Crippen LogP) is 22.9. The van der Waals surface area contributed by atoms with Gasteiger partial charge in [0.05, 0.1) is 17.1 Å². The summed E-state index contributed by atoms with van der Waals surface area (Å²) in [6.07, 6.45) is 4.03. The molecule has 87 heavy (non-hydrogen) atoms. The molecule has 0 aliphatic heterocycles. The van der Waals surface area contributed by atoms with Crippen LogP contribution in [0.5, 0.6) is 0 Å². The molecule has 14 aromatic carbocycles. The van der Waals surface area contributed by atoms with E-state index < -0.39 is 0 Å². The number of para-hydroxylation sites is 3. The minimum absolute atomic E-state index is 0.982. The van der Waals surface area contributed by atoms with Crippen LogP contribution < -0.4 is 19.6 Å². The van der Waals surface area contributed by atoms with E-state index in [1.807, 2.05) is 48.8 Å². The van der Waals surface area contributed by atoms with Crippen molar-refractivity contribution in [3.8, 4) is 22.3 Å². The Kier molecular flexibility index (Phi) is 15.0. The van der Waals surface area contributed by atoms with E-state index in [1.165, 1.54) is 32.3 Å². The summed E-state index contributed by atoms with van der Waals surface area (Å²) in [5, 5.41) is 9.38. The van der Waals surface area contributed by atoms with Crippen molar-refractivity contribution >= 4 is 106 Å². The van der Waals surface area contributed by atoms with Gasteiger partial charge in [-0.05, 0) is 136 Å². The molecule has 1 aromatic heterocycles. The molecule has 15 rings (SSSR count). The molecule has 0 bridgehead atoms. The fourth-order valence-electron chi connectivity index (χ4n) is 12.1. The summed E-state index contributed by atoms with van der Waals surface area (Å²) in [6, 6.07) is 121. The summed E-state index contributed by atoms with van der Waals surface area (Å²) < 4.78 is 0. The number of rotatable bonds is 13. The Bertz CT molecular complexity index is 4670. The number of aromatic nitrogens is 1. The Balaban J connectivity index is 0.00000105. The fraction of sp³-hybridized carbons (Fsp3) is 0.0122. The minimum Gasteiger partial charge on any atom is -0.344 e. The first-order chi connectivity index (χ1) is 43.1. The van der Waals surface area contributed by atoms with Crippen LogP contribution in [-0.4, -0.2) is 12.0 Å². The molecular formula is C82H61N5. The number of nitrogens with zero attached hydrogens (tertiary/aromatic N) is 5. The van der Waals surface area contributed by atoms with Gasteiger partial charge in [0.25, 0.3) is 0 Å².